The van der Waals surface area contributed by atoms with Crippen LogP contribution >= 0.6 is 15.9 Å². The van der Waals surface area contributed by atoms with Gasteiger partial charge in [-0.2, -0.15) is 5.10 Å². The molecule has 2 rings (SSSR count). The van der Waals surface area contributed by atoms with Gasteiger partial charge in [-0.05, 0) is 29.9 Å². The molecular weight excluding hydrogens is 244 g/mol. The number of hydrogen-bond acceptors (Lipinski definition) is 3. The Labute approximate surface area is 90.5 Å². The topological polar surface area (TPSA) is 42.2 Å². The number of rotatable bonds is 2. The highest BCUT2D eigenvalue weighted by atomic mass is 79.9. The lowest BCUT2D eigenvalue weighted by molar-refractivity contribution is 0.625. The fourth-order valence-electron chi connectivity index (χ4n) is 1.23. The molecule has 0 aromatic carbocycles. The summed E-state index contributed by atoms with van der Waals surface area (Å²) in [6, 6.07) is 2.23. The zero-order valence-corrected chi connectivity index (χ0v) is 9.62. The Kier molecular flexibility index (Phi) is 2.52. The molecule has 0 spiro atoms. The third-order valence-corrected chi connectivity index (χ3v) is 2.59. The van der Waals surface area contributed by atoms with Gasteiger partial charge in [-0.15, -0.1) is 0 Å². The molecule has 0 saturated heterocycles. The van der Waals surface area contributed by atoms with Crippen molar-refractivity contribution < 1.29 is 0 Å². The van der Waals surface area contributed by atoms with Gasteiger partial charge in [-0.3, -0.25) is 0 Å². The van der Waals surface area contributed by atoms with E-state index in [0.717, 1.165) is 15.8 Å². The highest BCUT2D eigenvalue weighted by Crippen LogP contribution is 2.14. The van der Waals surface area contributed by atoms with Crippen LogP contribution in [0.5, 0.6) is 0 Å². The summed E-state index contributed by atoms with van der Waals surface area (Å²) in [5.74, 6) is 0. The average Bonchev–Trinajstić information content (AvgIpc) is 2.59. The Morgan fingerprint density at radius 2 is 2.36 bits per heavy atom. The van der Waals surface area contributed by atoms with Crippen molar-refractivity contribution in [2.24, 2.45) is 0 Å². The van der Waals surface area contributed by atoms with Crippen molar-refractivity contribution in [2.75, 3.05) is 7.05 Å². The maximum atomic E-state index is 4.41. The molecule has 0 radical (unpaired) electrons. The van der Waals surface area contributed by atoms with Crippen LogP contribution in [0.15, 0.2) is 22.9 Å². The second-order valence-corrected chi connectivity index (χ2v) is 4.07. The molecule has 0 aliphatic heterocycles. The van der Waals surface area contributed by atoms with Crippen LogP contribution in [0.1, 0.15) is 18.7 Å². The molecule has 1 unspecified atom stereocenters. The van der Waals surface area contributed by atoms with Crippen LogP contribution in [-0.2, 0) is 0 Å². The third-order valence-electron chi connectivity index (χ3n) is 2.18. The van der Waals surface area contributed by atoms with E-state index in [1.54, 1.807) is 10.7 Å². The first-order chi connectivity index (χ1) is 6.70. The molecule has 0 amide bonds. The predicted octanol–water partition coefficient (Wildman–Crippen LogP) is 1.77. The quantitative estimate of drug-likeness (QED) is 0.889. The largest absolute Gasteiger partial charge is 0.312 e. The summed E-state index contributed by atoms with van der Waals surface area (Å²) in [5.41, 5.74) is 1.86. The van der Waals surface area contributed by atoms with E-state index >= 15 is 0 Å². The van der Waals surface area contributed by atoms with Gasteiger partial charge in [0.15, 0.2) is 5.65 Å². The minimum absolute atomic E-state index is 0.246. The Morgan fingerprint density at radius 1 is 1.57 bits per heavy atom. The SMILES string of the molecule is CNC(C)c1cc2ncc(Br)cn2n1. The van der Waals surface area contributed by atoms with Crippen LogP contribution in [0.2, 0.25) is 0 Å². The van der Waals surface area contributed by atoms with Gasteiger partial charge in [-0.25, -0.2) is 9.50 Å². The Hall–Kier alpha value is -0.940. The molecule has 0 aliphatic rings. The van der Waals surface area contributed by atoms with Crippen molar-refractivity contribution in [3.8, 4) is 0 Å². The van der Waals surface area contributed by atoms with E-state index in [1.807, 2.05) is 19.3 Å². The van der Waals surface area contributed by atoms with Gasteiger partial charge in [0.05, 0.1) is 10.2 Å². The molecule has 74 valence electrons. The van der Waals surface area contributed by atoms with Crippen molar-refractivity contribution >= 4 is 21.6 Å². The second kappa shape index (κ2) is 3.67. The monoisotopic (exact) mass is 254 g/mol. The van der Waals surface area contributed by atoms with Crippen LogP contribution in [0, 0.1) is 0 Å². The van der Waals surface area contributed by atoms with Gasteiger partial charge in [-0.1, -0.05) is 0 Å². The Balaban J connectivity index is 2.51. The number of aromatic nitrogens is 3. The van der Waals surface area contributed by atoms with Crippen LogP contribution in [0.3, 0.4) is 0 Å². The minimum Gasteiger partial charge on any atom is -0.312 e. The Bertz CT molecular complexity index is 451. The van der Waals surface area contributed by atoms with Gasteiger partial charge in [0.1, 0.15) is 0 Å². The van der Waals surface area contributed by atoms with Gasteiger partial charge >= 0.3 is 0 Å². The first kappa shape index (κ1) is 9.61. The summed E-state index contributed by atoms with van der Waals surface area (Å²) >= 11 is 3.36. The average molecular weight is 255 g/mol. The van der Waals surface area contributed by atoms with Crippen molar-refractivity contribution in [1.29, 1.82) is 0 Å². The lowest BCUT2D eigenvalue weighted by Crippen LogP contribution is -2.12. The van der Waals surface area contributed by atoms with Crippen molar-refractivity contribution in [3.05, 3.63) is 28.6 Å². The molecule has 2 heterocycles. The van der Waals surface area contributed by atoms with Crippen LogP contribution in [-0.4, -0.2) is 21.6 Å². The molecule has 2 aromatic heterocycles. The van der Waals surface area contributed by atoms with Crippen molar-refractivity contribution in [1.82, 2.24) is 19.9 Å². The number of nitrogens with zero attached hydrogens (tertiary/aromatic N) is 3. The normalized spacial score (nSPS) is 13.4. The number of hydrogen-bond donors (Lipinski definition) is 1. The van der Waals surface area contributed by atoms with Gasteiger partial charge in [0, 0.05) is 24.5 Å². The van der Waals surface area contributed by atoms with E-state index in [1.165, 1.54) is 0 Å². The van der Waals surface area contributed by atoms with Gasteiger partial charge < -0.3 is 5.32 Å². The van der Waals surface area contributed by atoms with E-state index in [-0.39, 0.29) is 6.04 Å². The molecule has 2 aromatic rings. The molecule has 0 bridgehead atoms. The van der Waals surface area contributed by atoms with Crippen molar-refractivity contribution in [2.45, 2.75) is 13.0 Å². The maximum Gasteiger partial charge on any atom is 0.155 e. The predicted molar refractivity (Wildman–Crippen MR) is 58.2 cm³/mol. The summed E-state index contributed by atoms with van der Waals surface area (Å²) in [7, 11) is 1.91. The molecule has 0 aliphatic carbocycles. The second-order valence-electron chi connectivity index (χ2n) is 3.15. The molecule has 5 heteroatoms. The zero-order valence-electron chi connectivity index (χ0n) is 8.03. The van der Waals surface area contributed by atoms with E-state index in [9.17, 15) is 0 Å². The highest BCUT2D eigenvalue weighted by molar-refractivity contribution is 9.10. The first-order valence-electron chi connectivity index (χ1n) is 4.39. The fourth-order valence-corrected chi connectivity index (χ4v) is 1.53. The van der Waals surface area contributed by atoms with Crippen molar-refractivity contribution in [3.63, 3.8) is 0 Å². The third kappa shape index (κ3) is 1.65. The molecule has 4 nitrogen and oxygen atoms in total. The van der Waals surface area contributed by atoms with Crippen LogP contribution in [0.25, 0.3) is 5.65 Å². The van der Waals surface area contributed by atoms with Gasteiger partial charge in [0.25, 0.3) is 0 Å². The lowest BCUT2D eigenvalue weighted by Gasteiger charge is -2.03. The Morgan fingerprint density at radius 3 is 3.07 bits per heavy atom. The van der Waals surface area contributed by atoms with E-state index in [2.05, 4.69) is 38.3 Å². The summed E-state index contributed by atoms with van der Waals surface area (Å²) in [4.78, 5) is 4.24. The van der Waals surface area contributed by atoms with E-state index in [4.69, 9.17) is 0 Å². The molecular formula is C9H11BrN4. The minimum atomic E-state index is 0.246. The number of fused-ring (bicyclic) bond motifs is 1. The summed E-state index contributed by atoms with van der Waals surface area (Å²) in [5, 5.41) is 7.55. The highest BCUT2D eigenvalue weighted by Gasteiger charge is 2.08. The number of nitrogens with one attached hydrogen (secondary N) is 1. The fraction of sp³-hybridized carbons (Fsp3) is 0.333. The van der Waals surface area contributed by atoms with Crippen LogP contribution < -0.4 is 5.32 Å². The number of halogens is 1. The molecule has 14 heavy (non-hydrogen) atoms. The van der Waals surface area contributed by atoms with Crippen LogP contribution in [0.4, 0.5) is 0 Å². The summed E-state index contributed by atoms with van der Waals surface area (Å²) in [6.07, 6.45) is 3.67. The first-order valence-corrected chi connectivity index (χ1v) is 5.18. The molecule has 0 saturated carbocycles. The summed E-state index contributed by atoms with van der Waals surface area (Å²) in [6.45, 7) is 2.07. The lowest BCUT2D eigenvalue weighted by atomic mass is 10.2. The zero-order chi connectivity index (χ0) is 10.1. The van der Waals surface area contributed by atoms with Gasteiger partial charge in [0.2, 0.25) is 0 Å². The van der Waals surface area contributed by atoms with E-state index < -0.39 is 0 Å². The smallest absolute Gasteiger partial charge is 0.155 e. The summed E-state index contributed by atoms with van der Waals surface area (Å²) < 4.78 is 2.70. The molecule has 1 N–H and O–H groups in total. The van der Waals surface area contributed by atoms with E-state index in [0.29, 0.717) is 0 Å². The maximum absolute atomic E-state index is 4.41. The molecule has 1 atom stereocenters. The standard InChI is InChI=1S/C9H11BrN4/c1-6(11-2)8-3-9-12-4-7(10)5-14(9)13-8/h3-6,11H,1-2H3. The molecule has 0 fully saturated rings.